The zero-order valence-electron chi connectivity index (χ0n) is 18.8. The second kappa shape index (κ2) is 8.58. The predicted molar refractivity (Wildman–Crippen MR) is 129 cm³/mol. The van der Waals surface area contributed by atoms with Crippen LogP contribution in [0, 0.1) is 11.6 Å². The third-order valence-corrected chi connectivity index (χ3v) is 6.96. The van der Waals surface area contributed by atoms with Crippen LogP contribution in [-0.2, 0) is 16.2 Å². The number of fused-ring (bicyclic) bond motifs is 5. The first-order valence-corrected chi connectivity index (χ1v) is 11.3. The summed E-state index contributed by atoms with van der Waals surface area (Å²) >= 11 is 6.53. The topological polar surface area (TPSA) is 77.0 Å². The van der Waals surface area contributed by atoms with Crippen molar-refractivity contribution < 1.29 is 23.5 Å². The maximum Gasteiger partial charge on any atom is 0.251 e. The van der Waals surface area contributed by atoms with Crippen LogP contribution in [0.25, 0.3) is 22.0 Å². The number of hydrogen-bond donors (Lipinski definition) is 1. The Morgan fingerprint density at radius 1 is 1.31 bits per heavy atom. The summed E-state index contributed by atoms with van der Waals surface area (Å²) in [6.07, 6.45) is 2.61. The number of aromatic nitrogens is 1. The average molecular weight is 499 g/mol. The van der Waals surface area contributed by atoms with Gasteiger partial charge < -0.3 is 19.8 Å². The van der Waals surface area contributed by atoms with Crippen LogP contribution < -0.4 is 9.80 Å². The highest BCUT2D eigenvalue weighted by Gasteiger charge is 2.42. The number of aliphatic hydroxyl groups is 1. The zero-order valence-corrected chi connectivity index (χ0v) is 19.5. The molecule has 0 saturated carbocycles. The van der Waals surface area contributed by atoms with Crippen LogP contribution in [0.2, 0.25) is 5.02 Å². The molecule has 2 aliphatic rings. The highest BCUT2D eigenvalue weighted by atomic mass is 35.5. The monoisotopic (exact) mass is 498 g/mol. The summed E-state index contributed by atoms with van der Waals surface area (Å²) in [5.74, 6) is -2.04. The zero-order chi connectivity index (χ0) is 25.0. The van der Waals surface area contributed by atoms with Crippen LogP contribution in [0.4, 0.5) is 20.2 Å². The van der Waals surface area contributed by atoms with Gasteiger partial charge in [-0.05, 0) is 23.8 Å². The average Bonchev–Trinajstić information content (AvgIpc) is 2.86. The number of anilines is 2. The molecule has 3 heterocycles. The van der Waals surface area contributed by atoms with Crippen LogP contribution in [0.3, 0.4) is 0 Å². The Balaban J connectivity index is 1.72. The predicted octanol–water partition coefficient (Wildman–Crippen LogP) is 3.51. The second-order valence-corrected chi connectivity index (χ2v) is 8.87. The molecule has 0 aliphatic carbocycles. The summed E-state index contributed by atoms with van der Waals surface area (Å²) in [7, 11) is 1.60. The number of rotatable bonds is 3. The number of carbonyl (C=O) groups is 2. The van der Waals surface area contributed by atoms with E-state index in [2.05, 4.69) is 11.6 Å². The highest BCUT2D eigenvalue weighted by molar-refractivity contribution is 6.34. The van der Waals surface area contributed by atoms with Crippen molar-refractivity contribution in [2.75, 3.05) is 36.5 Å². The minimum absolute atomic E-state index is 0.0404. The van der Waals surface area contributed by atoms with Gasteiger partial charge in [0.1, 0.15) is 17.4 Å². The molecule has 2 amide bonds. The smallest absolute Gasteiger partial charge is 0.251 e. The molecular weight excluding hydrogens is 478 g/mol. The molecule has 0 bridgehead atoms. The van der Waals surface area contributed by atoms with E-state index in [1.54, 1.807) is 11.9 Å². The number of halogens is 3. The van der Waals surface area contributed by atoms with Crippen molar-refractivity contribution in [2.24, 2.45) is 0 Å². The van der Waals surface area contributed by atoms with Gasteiger partial charge in [0, 0.05) is 36.7 Å². The molecule has 1 atom stereocenters. The number of hydrogen-bond acceptors (Lipinski definition) is 5. The Kier molecular flexibility index (Phi) is 5.69. The standard InChI is InChI=1S/C25H21ClF2N4O3/c1-3-19(34)31-7-8-32-18(11-31)25(35)30(2)17-10-29-23-14(24(17)32)9-15(26)21(22(23)28)20-13(12-33)5-4-6-16(20)27/h3-6,9-10,18,33H,1,7-8,11-12H2,2H3/t18-/m1/s1. The number of amides is 2. The van der Waals surface area contributed by atoms with Gasteiger partial charge in [0.15, 0.2) is 5.82 Å². The van der Waals surface area contributed by atoms with Gasteiger partial charge in [-0.1, -0.05) is 30.3 Å². The third-order valence-electron chi connectivity index (χ3n) is 6.66. The number of aliphatic hydroxyl groups excluding tert-OH is 1. The molecule has 1 aromatic heterocycles. The molecule has 3 aromatic rings. The van der Waals surface area contributed by atoms with Crippen LogP contribution >= 0.6 is 11.6 Å². The van der Waals surface area contributed by atoms with E-state index in [9.17, 15) is 19.1 Å². The molecule has 0 spiro atoms. The fraction of sp³-hybridized carbons (Fsp3) is 0.240. The largest absolute Gasteiger partial charge is 0.392 e. The van der Waals surface area contributed by atoms with Gasteiger partial charge in [0.25, 0.3) is 5.91 Å². The van der Waals surface area contributed by atoms with Gasteiger partial charge in [-0.3, -0.25) is 14.6 Å². The third kappa shape index (κ3) is 3.45. The van der Waals surface area contributed by atoms with Gasteiger partial charge in [0.2, 0.25) is 5.91 Å². The number of pyridine rings is 1. The molecule has 35 heavy (non-hydrogen) atoms. The highest BCUT2D eigenvalue weighted by Crippen LogP contribution is 2.46. The van der Waals surface area contributed by atoms with E-state index in [1.807, 2.05) is 4.90 Å². The molecule has 0 radical (unpaired) electrons. The van der Waals surface area contributed by atoms with Gasteiger partial charge in [0.05, 0.1) is 35.7 Å². The molecule has 2 aliphatic heterocycles. The fourth-order valence-corrected chi connectivity index (χ4v) is 5.22. The molecule has 180 valence electrons. The van der Waals surface area contributed by atoms with Crippen molar-refractivity contribution in [3.05, 3.63) is 65.3 Å². The van der Waals surface area contributed by atoms with Gasteiger partial charge in [-0.25, -0.2) is 8.78 Å². The Labute approximate surface area is 204 Å². The minimum atomic E-state index is -0.827. The van der Waals surface area contributed by atoms with E-state index in [0.29, 0.717) is 29.9 Å². The van der Waals surface area contributed by atoms with E-state index in [-0.39, 0.29) is 45.6 Å². The Morgan fingerprint density at radius 3 is 2.80 bits per heavy atom. The maximum atomic E-state index is 15.9. The lowest BCUT2D eigenvalue weighted by Crippen LogP contribution is -2.62. The quantitative estimate of drug-likeness (QED) is 0.559. The van der Waals surface area contributed by atoms with E-state index in [4.69, 9.17) is 11.6 Å². The molecule has 1 saturated heterocycles. The van der Waals surface area contributed by atoms with Gasteiger partial charge >= 0.3 is 0 Å². The molecule has 2 aromatic carbocycles. The normalized spacial score (nSPS) is 17.5. The van der Waals surface area contributed by atoms with Crippen LogP contribution in [0.1, 0.15) is 5.56 Å². The minimum Gasteiger partial charge on any atom is -0.392 e. The number of benzene rings is 2. The summed E-state index contributed by atoms with van der Waals surface area (Å²) in [5.41, 5.74) is 0.883. The Hall–Kier alpha value is -3.56. The maximum absolute atomic E-state index is 15.9. The number of piperazine rings is 1. The van der Waals surface area contributed by atoms with Crippen molar-refractivity contribution in [2.45, 2.75) is 12.6 Å². The first-order chi connectivity index (χ1) is 16.8. The van der Waals surface area contributed by atoms with Crippen LogP contribution in [0.5, 0.6) is 0 Å². The van der Waals surface area contributed by atoms with Crippen LogP contribution in [-0.4, -0.2) is 59.5 Å². The van der Waals surface area contributed by atoms with Crippen molar-refractivity contribution in [1.82, 2.24) is 9.88 Å². The van der Waals surface area contributed by atoms with E-state index in [0.717, 1.165) is 0 Å². The molecule has 1 fully saturated rings. The summed E-state index contributed by atoms with van der Waals surface area (Å²) < 4.78 is 30.7. The lowest BCUT2D eigenvalue weighted by Gasteiger charge is -2.47. The van der Waals surface area contributed by atoms with Gasteiger partial charge in [-0.15, -0.1) is 0 Å². The molecule has 1 N–H and O–H groups in total. The summed E-state index contributed by atoms with van der Waals surface area (Å²) in [5, 5.41) is 10.0. The Morgan fingerprint density at radius 2 is 2.09 bits per heavy atom. The van der Waals surface area contributed by atoms with E-state index in [1.165, 1.54) is 41.4 Å². The summed E-state index contributed by atoms with van der Waals surface area (Å²) in [6.45, 7) is 3.85. The van der Waals surface area contributed by atoms with Crippen LogP contribution in [0.15, 0.2) is 43.1 Å². The van der Waals surface area contributed by atoms with Crippen molar-refractivity contribution >= 4 is 45.7 Å². The first kappa shape index (κ1) is 23.2. The van der Waals surface area contributed by atoms with Crippen molar-refractivity contribution in [3.63, 3.8) is 0 Å². The number of likely N-dealkylation sites (N-methyl/N-ethyl adjacent to an activating group) is 1. The SMILES string of the molecule is C=CC(=O)N1CCN2c3c(cnc4c(F)c(-c5c(F)cccc5CO)c(Cl)cc34)N(C)C(=O)[C@H]2C1. The number of carbonyl (C=O) groups excluding carboxylic acids is 2. The molecule has 0 unspecified atom stereocenters. The number of nitrogens with zero attached hydrogens (tertiary/aromatic N) is 4. The second-order valence-electron chi connectivity index (χ2n) is 8.46. The van der Waals surface area contributed by atoms with Gasteiger partial charge in [-0.2, -0.15) is 0 Å². The summed E-state index contributed by atoms with van der Waals surface area (Å²) in [4.78, 5) is 34.4. The van der Waals surface area contributed by atoms with Crippen molar-refractivity contribution in [1.29, 1.82) is 0 Å². The van der Waals surface area contributed by atoms with E-state index < -0.39 is 24.3 Å². The van der Waals surface area contributed by atoms with E-state index >= 15 is 4.39 Å². The fourth-order valence-electron chi connectivity index (χ4n) is 4.93. The Bertz CT molecular complexity index is 1410. The lowest BCUT2D eigenvalue weighted by atomic mass is 9.95. The summed E-state index contributed by atoms with van der Waals surface area (Å²) in [6, 6.07) is 4.93. The lowest BCUT2D eigenvalue weighted by molar-refractivity contribution is -0.128. The molecular formula is C25H21ClF2N4O3. The first-order valence-electron chi connectivity index (χ1n) is 10.9. The molecule has 7 nitrogen and oxygen atoms in total. The molecule has 5 rings (SSSR count). The molecule has 10 heteroatoms. The van der Waals surface area contributed by atoms with Crippen molar-refractivity contribution in [3.8, 4) is 11.1 Å².